The number of pyridine rings is 1. The van der Waals surface area contributed by atoms with Crippen LogP contribution in [-0.2, 0) is 6.42 Å². The number of carbonyl (C=O) groups is 1. The van der Waals surface area contributed by atoms with E-state index in [0.717, 1.165) is 23.3 Å². The van der Waals surface area contributed by atoms with Gasteiger partial charge in [0.25, 0.3) is 5.91 Å². The van der Waals surface area contributed by atoms with Crippen molar-refractivity contribution in [2.45, 2.75) is 39.3 Å². The summed E-state index contributed by atoms with van der Waals surface area (Å²) >= 11 is 0. The highest BCUT2D eigenvalue weighted by molar-refractivity contribution is 5.96. The average molecular weight is 364 g/mol. The largest absolute Gasteiger partial charge is 0.486 e. The van der Waals surface area contributed by atoms with Crippen LogP contribution in [0.2, 0.25) is 0 Å². The summed E-state index contributed by atoms with van der Waals surface area (Å²) in [6.07, 6.45) is 4.39. The van der Waals surface area contributed by atoms with Crippen molar-refractivity contribution in [3.05, 3.63) is 54.0 Å². The van der Waals surface area contributed by atoms with Gasteiger partial charge in [-0.25, -0.2) is 9.97 Å². The van der Waals surface area contributed by atoms with Crippen LogP contribution in [0.3, 0.4) is 0 Å². The zero-order valence-corrected chi connectivity index (χ0v) is 15.9. The molecular formula is C21H24N4O2. The molecule has 0 atom stereocenters. The number of rotatable bonds is 5. The lowest BCUT2D eigenvalue weighted by Gasteiger charge is -2.39. The van der Waals surface area contributed by atoms with E-state index in [2.05, 4.69) is 36.8 Å². The molecule has 4 rings (SSSR count). The van der Waals surface area contributed by atoms with Gasteiger partial charge in [0.1, 0.15) is 17.4 Å². The molecule has 1 aliphatic rings. The molecule has 1 amide bonds. The van der Waals surface area contributed by atoms with Crippen molar-refractivity contribution in [1.82, 2.24) is 19.4 Å². The van der Waals surface area contributed by atoms with Gasteiger partial charge in [0, 0.05) is 12.2 Å². The van der Waals surface area contributed by atoms with Crippen molar-refractivity contribution in [3.8, 4) is 5.75 Å². The van der Waals surface area contributed by atoms with Crippen molar-refractivity contribution in [2.75, 3.05) is 13.1 Å². The minimum atomic E-state index is -0.0212. The Bertz CT molecular complexity index is 973. The van der Waals surface area contributed by atoms with Crippen LogP contribution in [0.15, 0.2) is 42.9 Å². The molecule has 0 bridgehead atoms. The van der Waals surface area contributed by atoms with E-state index in [1.54, 1.807) is 17.4 Å². The molecular weight excluding hydrogens is 340 g/mol. The molecule has 1 fully saturated rings. The van der Waals surface area contributed by atoms with Gasteiger partial charge < -0.3 is 14.2 Å². The summed E-state index contributed by atoms with van der Waals surface area (Å²) in [5.74, 6) is 0.895. The Hall–Kier alpha value is -2.89. The number of para-hydroxylation sites is 1. The van der Waals surface area contributed by atoms with E-state index in [-0.39, 0.29) is 18.1 Å². The summed E-state index contributed by atoms with van der Waals surface area (Å²) in [6, 6.07) is 10.2. The predicted molar refractivity (Wildman–Crippen MR) is 104 cm³/mol. The molecule has 1 saturated heterocycles. The number of imidazole rings is 1. The monoisotopic (exact) mass is 364 g/mol. The van der Waals surface area contributed by atoms with Crippen LogP contribution in [0.4, 0.5) is 0 Å². The standard InChI is InChI=1S/C21H24N4O2/c1-4-15-7-5-6-8-19(15)27-17-11-24(12-17)21(26)16-9-18-20(22-10-16)25(13-23-18)14(2)3/h5-10,13-14,17H,4,11-12H2,1-3H3. The minimum Gasteiger partial charge on any atom is -0.486 e. The number of aromatic nitrogens is 3. The lowest BCUT2D eigenvalue weighted by atomic mass is 10.1. The number of carbonyl (C=O) groups excluding carboxylic acids is 1. The van der Waals surface area contributed by atoms with E-state index in [4.69, 9.17) is 4.74 Å². The zero-order valence-electron chi connectivity index (χ0n) is 15.9. The van der Waals surface area contributed by atoms with Gasteiger partial charge in [-0.1, -0.05) is 25.1 Å². The van der Waals surface area contributed by atoms with Crippen molar-refractivity contribution in [3.63, 3.8) is 0 Å². The third kappa shape index (κ3) is 3.27. The Kier molecular flexibility index (Phi) is 4.56. The summed E-state index contributed by atoms with van der Waals surface area (Å²) in [5.41, 5.74) is 3.32. The quantitative estimate of drug-likeness (QED) is 0.695. The Balaban J connectivity index is 1.42. The van der Waals surface area contributed by atoms with Gasteiger partial charge in [-0.05, 0) is 38.0 Å². The summed E-state index contributed by atoms with van der Waals surface area (Å²) in [4.78, 5) is 23.4. The summed E-state index contributed by atoms with van der Waals surface area (Å²) in [7, 11) is 0. The molecule has 0 N–H and O–H groups in total. The average Bonchev–Trinajstić information content (AvgIpc) is 3.07. The first-order valence-corrected chi connectivity index (χ1v) is 9.43. The maximum atomic E-state index is 12.7. The Morgan fingerprint density at radius 1 is 1.26 bits per heavy atom. The predicted octanol–water partition coefficient (Wildman–Crippen LogP) is 3.48. The fourth-order valence-electron chi connectivity index (χ4n) is 3.37. The van der Waals surface area contributed by atoms with E-state index in [9.17, 15) is 4.79 Å². The highest BCUT2D eigenvalue weighted by Gasteiger charge is 2.33. The molecule has 2 aromatic heterocycles. The molecule has 0 unspecified atom stereocenters. The molecule has 0 aliphatic carbocycles. The maximum Gasteiger partial charge on any atom is 0.255 e. The first kappa shape index (κ1) is 17.5. The van der Waals surface area contributed by atoms with Gasteiger partial charge in [0.05, 0.1) is 25.0 Å². The molecule has 6 heteroatoms. The van der Waals surface area contributed by atoms with Crippen LogP contribution >= 0.6 is 0 Å². The lowest BCUT2D eigenvalue weighted by Crippen LogP contribution is -2.56. The SMILES string of the molecule is CCc1ccccc1OC1CN(C(=O)c2cnc3c(c2)ncn3C(C)C)C1. The summed E-state index contributed by atoms with van der Waals surface area (Å²) < 4.78 is 8.07. The molecule has 0 spiro atoms. The highest BCUT2D eigenvalue weighted by atomic mass is 16.5. The molecule has 140 valence electrons. The fraction of sp³-hybridized carbons (Fsp3) is 0.381. The van der Waals surface area contributed by atoms with Crippen LogP contribution in [0.1, 0.15) is 42.7 Å². The Morgan fingerprint density at radius 2 is 2.04 bits per heavy atom. The second-order valence-electron chi connectivity index (χ2n) is 7.22. The lowest BCUT2D eigenvalue weighted by molar-refractivity contribution is 0.0174. The van der Waals surface area contributed by atoms with Gasteiger partial charge in [0.15, 0.2) is 5.65 Å². The number of hydrogen-bond donors (Lipinski definition) is 0. The first-order valence-electron chi connectivity index (χ1n) is 9.43. The van der Waals surface area contributed by atoms with Crippen molar-refractivity contribution in [1.29, 1.82) is 0 Å². The minimum absolute atomic E-state index is 0.0212. The number of benzene rings is 1. The maximum absolute atomic E-state index is 12.7. The second-order valence-corrected chi connectivity index (χ2v) is 7.22. The molecule has 27 heavy (non-hydrogen) atoms. The zero-order chi connectivity index (χ0) is 19.0. The molecule has 3 heterocycles. The number of likely N-dealkylation sites (tertiary alicyclic amines) is 1. The highest BCUT2D eigenvalue weighted by Crippen LogP contribution is 2.24. The number of nitrogens with zero attached hydrogens (tertiary/aromatic N) is 4. The molecule has 0 radical (unpaired) electrons. The number of aryl methyl sites for hydroxylation is 1. The molecule has 1 aromatic carbocycles. The number of amides is 1. The fourth-order valence-corrected chi connectivity index (χ4v) is 3.37. The molecule has 1 aliphatic heterocycles. The summed E-state index contributed by atoms with van der Waals surface area (Å²) in [6.45, 7) is 7.46. The number of fused-ring (bicyclic) bond motifs is 1. The van der Waals surface area contributed by atoms with E-state index in [1.807, 2.05) is 28.8 Å². The van der Waals surface area contributed by atoms with Crippen molar-refractivity contribution < 1.29 is 9.53 Å². The third-order valence-corrected chi connectivity index (χ3v) is 5.00. The van der Waals surface area contributed by atoms with Crippen molar-refractivity contribution >= 4 is 17.1 Å². The number of hydrogen-bond acceptors (Lipinski definition) is 4. The van der Waals surface area contributed by atoms with Crippen LogP contribution in [0.5, 0.6) is 5.75 Å². The van der Waals surface area contributed by atoms with E-state index in [0.29, 0.717) is 18.7 Å². The van der Waals surface area contributed by atoms with Crippen LogP contribution in [-0.4, -0.2) is 44.5 Å². The van der Waals surface area contributed by atoms with Crippen LogP contribution < -0.4 is 4.74 Å². The Labute approximate surface area is 158 Å². The smallest absolute Gasteiger partial charge is 0.255 e. The van der Waals surface area contributed by atoms with Gasteiger partial charge in [-0.3, -0.25) is 4.79 Å². The first-order chi connectivity index (χ1) is 13.1. The van der Waals surface area contributed by atoms with E-state index in [1.165, 1.54) is 5.56 Å². The third-order valence-electron chi connectivity index (χ3n) is 5.00. The van der Waals surface area contributed by atoms with E-state index < -0.39 is 0 Å². The summed E-state index contributed by atoms with van der Waals surface area (Å²) in [5, 5.41) is 0. The van der Waals surface area contributed by atoms with Crippen molar-refractivity contribution in [2.24, 2.45) is 0 Å². The van der Waals surface area contributed by atoms with Gasteiger partial charge in [-0.2, -0.15) is 0 Å². The Morgan fingerprint density at radius 3 is 2.78 bits per heavy atom. The van der Waals surface area contributed by atoms with Crippen LogP contribution in [0, 0.1) is 0 Å². The second kappa shape index (κ2) is 7.02. The molecule has 0 saturated carbocycles. The molecule has 3 aromatic rings. The van der Waals surface area contributed by atoms with Crippen LogP contribution in [0.25, 0.3) is 11.2 Å². The van der Waals surface area contributed by atoms with Gasteiger partial charge in [-0.15, -0.1) is 0 Å². The van der Waals surface area contributed by atoms with Gasteiger partial charge in [0.2, 0.25) is 0 Å². The van der Waals surface area contributed by atoms with E-state index >= 15 is 0 Å². The number of ether oxygens (including phenoxy) is 1. The normalized spacial score (nSPS) is 14.6. The molecule has 6 nitrogen and oxygen atoms in total. The topological polar surface area (TPSA) is 60.2 Å². The van der Waals surface area contributed by atoms with Gasteiger partial charge >= 0.3 is 0 Å².